The van der Waals surface area contributed by atoms with Crippen LogP contribution in [0.1, 0.15) is 30.9 Å². The zero-order valence-electron chi connectivity index (χ0n) is 21.4. The summed E-state index contributed by atoms with van der Waals surface area (Å²) in [5.74, 6) is -0.834. The molecule has 4 rings (SSSR count). The number of anilines is 1. The van der Waals surface area contributed by atoms with Gasteiger partial charge in [-0.05, 0) is 49.2 Å². The van der Waals surface area contributed by atoms with E-state index in [4.69, 9.17) is 17.3 Å². The number of nitrogens with zero attached hydrogens (tertiary/aromatic N) is 4. The van der Waals surface area contributed by atoms with Crippen molar-refractivity contribution >= 4 is 29.2 Å². The highest BCUT2D eigenvalue weighted by Crippen LogP contribution is 2.27. The Bertz CT molecular complexity index is 1230. The van der Waals surface area contributed by atoms with Crippen LogP contribution in [0.15, 0.2) is 67.1 Å². The van der Waals surface area contributed by atoms with Gasteiger partial charge in [0.25, 0.3) is 0 Å². The second-order valence-corrected chi connectivity index (χ2v) is 10.1. The normalized spacial score (nSPS) is 18.4. The minimum Gasteiger partial charge on any atom is -0.369 e. The van der Waals surface area contributed by atoms with Crippen LogP contribution in [0, 0.1) is 5.82 Å². The summed E-state index contributed by atoms with van der Waals surface area (Å²) in [6.07, 6.45) is 5.04. The lowest BCUT2D eigenvalue weighted by atomic mass is 9.90. The number of carbonyl (C=O) groups excluding carboxylic acids is 2. The van der Waals surface area contributed by atoms with Gasteiger partial charge in [-0.3, -0.25) is 19.5 Å². The van der Waals surface area contributed by atoms with E-state index in [0.29, 0.717) is 36.9 Å². The van der Waals surface area contributed by atoms with Crippen LogP contribution in [0.5, 0.6) is 0 Å². The maximum atomic E-state index is 13.8. The highest BCUT2D eigenvalue weighted by molar-refractivity contribution is 6.30. The lowest BCUT2D eigenvalue weighted by Gasteiger charge is -2.45. The molecule has 200 valence electrons. The Morgan fingerprint density at radius 2 is 1.84 bits per heavy atom. The number of hydrogen-bond acceptors (Lipinski definition) is 6. The van der Waals surface area contributed by atoms with E-state index in [1.807, 2.05) is 30.9 Å². The Balaban J connectivity index is 1.48. The number of benzene rings is 2. The Labute approximate surface area is 227 Å². The summed E-state index contributed by atoms with van der Waals surface area (Å²) in [7, 11) is 0. The van der Waals surface area contributed by atoms with Crippen LogP contribution >= 0.6 is 11.6 Å². The molecule has 2 heterocycles. The van der Waals surface area contributed by atoms with Gasteiger partial charge in [0.15, 0.2) is 0 Å². The molecule has 0 saturated carbocycles. The van der Waals surface area contributed by atoms with E-state index in [1.165, 1.54) is 12.1 Å². The van der Waals surface area contributed by atoms with Crippen molar-refractivity contribution in [3.63, 3.8) is 0 Å². The summed E-state index contributed by atoms with van der Waals surface area (Å²) in [5.41, 5.74) is 7.45. The van der Waals surface area contributed by atoms with Gasteiger partial charge in [0.1, 0.15) is 17.7 Å². The predicted molar refractivity (Wildman–Crippen MR) is 145 cm³/mol. The van der Waals surface area contributed by atoms with Gasteiger partial charge in [-0.2, -0.15) is 0 Å². The molecule has 0 aliphatic carbocycles. The Morgan fingerprint density at radius 1 is 1.13 bits per heavy atom. The monoisotopic (exact) mass is 538 g/mol. The smallest absolute Gasteiger partial charge is 0.245 e. The van der Waals surface area contributed by atoms with Crippen molar-refractivity contribution in [2.24, 2.45) is 5.73 Å². The molecule has 1 aliphatic rings. The van der Waals surface area contributed by atoms with Gasteiger partial charge < -0.3 is 16.0 Å². The zero-order chi connectivity index (χ0) is 27.2. The number of rotatable bonds is 9. The van der Waals surface area contributed by atoms with E-state index in [2.05, 4.69) is 20.2 Å². The molecule has 10 heteroatoms. The molecular weight excluding hydrogens is 507 g/mol. The van der Waals surface area contributed by atoms with Crippen LogP contribution in [-0.4, -0.2) is 69.3 Å². The average molecular weight is 539 g/mol. The molecule has 1 saturated heterocycles. The zero-order valence-corrected chi connectivity index (χ0v) is 22.2. The van der Waals surface area contributed by atoms with Crippen molar-refractivity contribution in [2.75, 3.05) is 25.0 Å². The molecule has 0 spiro atoms. The van der Waals surface area contributed by atoms with Crippen LogP contribution in [0.4, 0.5) is 10.2 Å². The third-order valence-electron chi connectivity index (χ3n) is 7.07. The van der Waals surface area contributed by atoms with E-state index in [1.54, 1.807) is 42.9 Å². The van der Waals surface area contributed by atoms with E-state index in [-0.39, 0.29) is 23.8 Å². The van der Waals surface area contributed by atoms with Crippen LogP contribution in [0.25, 0.3) is 0 Å². The first-order valence-corrected chi connectivity index (χ1v) is 13.0. The second kappa shape index (κ2) is 12.3. The van der Waals surface area contributed by atoms with Crippen molar-refractivity contribution in [1.29, 1.82) is 0 Å². The molecular formula is C28H32ClFN6O2. The molecule has 0 radical (unpaired) electrons. The number of amides is 2. The van der Waals surface area contributed by atoms with Crippen molar-refractivity contribution in [2.45, 2.75) is 44.3 Å². The SMILES string of the molecule is CC(C(C(N)=O)c1ccc(Cl)cc1)N1CCN(C(=O)C(Cc2ccc(F)cc2)Nc2cnccn2)C(C)C1. The number of halogens is 2. The number of primary amides is 1. The van der Waals surface area contributed by atoms with Gasteiger partial charge in [0.2, 0.25) is 11.8 Å². The molecule has 0 bridgehead atoms. The van der Waals surface area contributed by atoms with Crippen LogP contribution in [0.3, 0.4) is 0 Å². The number of aromatic nitrogens is 2. The summed E-state index contributed by atoms with van der Waals surface area (Å²) in [5, 5.41) is 3.80. The molecule has 1 fully saturated rings. The van der Waals surface area contributed by atoms with E-state index < -0.39 is 17.9 Å². The molecule has 8 nitrogen and oxygen atoms in total. The highest BCUT2D eigenvalue weighted by atomic mass is 35.5. The van der Waals surface area contributed by atoms with E-state index >= 15 is 0 Å². The van der Waals surface area contributed by atoms with Gasteiger partial charge in [-0.1, -0.05) is 35.9 Å². The third-order valence-corrected chi connectivity index (χ3v) is 7.32. The summed E-state index contributed by atoms with van der Waals surface area (Å²) in [6, 6.07) is 12.4. The Kier molecular flexibility index (Phi) is 8.91. The van der Waals surface area contributed by atoms with Crippen molar-refractivity contribution < 1.29 is 14.0 Å². The fourth-order valence-corrected chi connectivity index (χ4v) is 5.18. The molecule has 4 atom stereocenters. The van der Waals surface area contributed by atoms with Gasteiger partial charge in [-0.15, -0.1) is 0 Å². The summed E-state index contributed by atoms with van der Waals surface area (Å²) in [6.45, 7) is 5.64. The number of nitrogens with two attached hydrogens (primary N) is 1. The minimum atomic E-state index is -0.615. The average Bonchev–Trinajstić information content (AvgIpc) is 2.90. The maximum Gasteiger partial charge on any atom is 0.245 e. The Hall–Kier alpha value is -3.56. The number of carbonyl (C=O) groups is 2. The topological polar surface area (TPSA) is 104 Å². The first kappa shape index (κ1) is 27.5. The fourth-order valence-electron chi connectivity index (χ4n) is 5.05. The molecule has 3 aromatic rings. The summed E-state index contributed by atoms with van der Waals surface area (Å²) >= 11 is 6.03. The first-order chi connectivity index (χ1) is 18.2. The lowest BCUT2D eigenvalue weighted by molar-refractivity contribution is -0.137. The highest BCUT2D eigenvalue weighted by Gasteiger charge is 2.37. The molecule has 4 unspecified atom stereocenters. The third kappa shape index (κ3) is 6.65. The minimum absolute atomic E-state index is 0.0797. The summed E-state index contributed by atoms with van der Waals surface area (Å²) in [4.78, 5) is 38.6. The van der Waals surface area contributed by atoms with Gasteiger partial charge in [0.05, 0.1) is 12.1 Å². The van der Waals surface area contributed by atoms with E-state index in [0.717, 1.165) is 11.1 Å². The Morgan fingerprint density at radius 3 is 2.45 bits per heavy atom. The number of hydrogen-bond donors (Lipinski definition) is 2. The standard InChI is InChI=1S/C28H32ClFN6O2/c1-18-17-35(19(2)26(27(31)37)21-5-7-22(29)8-6-21)13-14-36(18)28(38)24(34-25-16-32-11-12-33-25)15-20-3-9-23(30)10-4-20/h3-12,16,18-19,24,26H,13-15,17H2,1-2H3,(H2,31,37)(H,33,34). The van der Waals surface area contributed by atoms with Gasteiger partial charge in [-0.25, -0.2) is 9.37 Å². The number of piperazine rings is 1. The maximum absolute atomic E-state index is 13.8. The summed E-state index contributed by atoms with van der Waals surface area (Å²) < 4.78 is 13.5. The molecule has 2 aromatic carbocycles. The quantitative estimate of drug-likeness (QED) is 0.432. The molecule has 3 N–H and O–H groups in total. The molecule has 38 heavy (non-hydrogen) atoms. The molecule has 2 amide bonds. The van der Waals surface area contributed by atoms with Crippen molar-refractivity contribution in [1.82, 2.24) is 19.8 Å². The predicted octanol–water partition coefficient (Wildman–Crippen LogP) is 3.48. The van der Waals surface area contributed by atoms with Crippen LogP contribution in [0.2, 0.25) is 5.02 Å². The van der Waals surface area contributed by atoms with Crippen LogP contribution < -0.4 is 11.1 Å². The van der Waals surface area contributed by atoms with E-state index in [9.17, 15) is 14.0 Å². The first-order valence-electron chi connectivity index (χ1n) is 12.6. The van der Waals surface area contributed by atoms with Gasteiger partial charge in [0, 0.05) is 55.6 Å². The lowest BCUT2D eigenvalue weighted by Crippen LogP contribution is -2.60. The van der Waals surface area contributed by atoms with Crippen LogP contribution in [-0.2, 0) is 16.0 Å². The number of nitrogens with one attached hydrogen (secondary N) is 1. The largest absolute Gasteiger partial charge is 0.369 e. The van der Waals surface area contributed by atoms with Crippen molar-refractivity contribution in [3.8, 4) is 0 Å². The fraction of sp³-hybridized carbons (Fsp3) is 0.357. The van der Waals surface area contributed by atoms with Gasteiger partial charge >= 0.3 is 0 Å². The second-order valence-electron chi connectivity index (χ2n) is 9.67. The van der Waals surface area contributed by atoms with Crippen molar-refractivity contribution in [3.05, 3.63) is 89.1 Å². The molecule has 1 aromatic heterocycles. The molecule has 1 aliphatic heterocycles.